The van der Waals surface area contributed by atoms with Gasteiger partial charge in [-0.15, -0.1) is 0 Å². The SMILES string of the molecule is Cc1cc(C)nc(Sc2ccc(NC(=O)CCc3c(C)nc4ncnn4c3C)cc2)n1. The van der Waals surface area contributed by atoms with Crippen molar-refractivity contribution in [1.29, 1.82) is 0 Å². The standard InChI is InChI=1S/C22H23N7OS/c1-13-11-14(2)26-22(25-13)31-18-7-5-17(6-8-18)28-20(30)10-9-19-15(3)27-21-23-12-24-29(21)16(19)4/h5-8,11-12H,9-10H2,1-4H3,(H,28,30). The van der Waals surface area contributed by atoms with E-state index in [1.807, 2.05) is 58.0 Å². The van der Waals surface area contributed by atoms with E-state index >= 15 is 0 Å². The Hall–Kier alpha value is -3.33. The third kappa shape index (κ3) is 4.88. The van der Waals surface area contributed by atoms with Gasteiger partial charge in [-0.25, -0.2) is 19.5 Å². The Balaban J connectivity index is 1.37. The van der Waals surface area contributed by atoms with Crippen molar-refractivity contribution in [3.63, 3.8) is 0 Å². The molecule has 4 aromatic rings. The van der Waals surface area contributed by atoms with E-state index in [0.29, 0.717) is 18.6 Å². The van der Waals surface area contributed by atoms with E-state index in [1.165, 1.54) is 18.1 Å². The summed E-state index contributed by atoms with van der Waals surface area (Å²) in [4.78, 5) is 31.0. The summed E-state index contributed by atoms with van der Waals surface area (Å²) >= 11 is 1.50. The molecule has 0 aliphatic carbocycles. The van der Waals surface area contributed by atoms with Crippen LogP contribution >= 0.6 is 11.8 Å². The lowest BCUT2D eigenvalue weighted by Crippen LogP contribution is -2.14. The van der Waals surface area contributed by atoms with E-state index in [1.54, 1.807) is 4.52 Å². The van der Waals surface area contributed by atoms with Crippen LogP contribution in [0.2, 0.25) is 0 Å². The first kappa shape index (κ1) is 20.9. The number of amides is 1. The highest BCUT2D eigenvalue weighted by molar-refractivity contribution is 7.99. The van der Waals surface area contributed by atoms with E-state index in [0.717, 1.165) is 44.1 Å². The molecular formula is C22H23N7OS. The van der Waals surface area contributed by atoms with Gasteiger partial charge in [-0.3, -0.25) is 4.79 Å². The zero-order chi connectivity index (χ0) is 22.0. The highest BCUT2D eigenvalue weighted by Crippen LogP contribution is 2.26. The summed E-state index contributed by atoms with van der Waals surface area (Å²) in [7, 11) is 0. The van der Waals surface area contributed by atoms with Gasteiger partial charge in [0.05, 0.1) is 0 Å². The second-order valence-corrected chi connectivity index (χ2v) is 8.38. The number of nitrogens with zero attached hydrogens (tertiary/aromatic N) is 6. The van der Waals surface area contributed by atoms with Gasteiger partial charge < -0.3 is 5.32 Å². The number of hydrogen-bond acceptors (Lipinski definition) is 7. The zero-order valence-electron chi connectivity index (χ0n) is 17.9. The van der Waals surface area contributed by atoms with Crippen LogP contribution in [0.4, 0.5) is 5.69 Å². The van der Waals surface area contributed by atoms with Gasteiger partial charge in [-0.2, -0.15) is 10.1 Å². The van der Waals surface area contributed by atoms with Crippen LogP contribution in [-0.2, 0) is 11.2 Å². The Labute approximate surface area is 184 Å². The predicted octanol–water partition coefficient (Wildman–Crippen LogP) is 3.87. The van der Waals surface area contributed by atoms with Crippen molar-refractivity contribution in [2.45, 2.75) is 50.6 Å². The Morgan fingerprint density at radius 1 is 1.03 bits per heavy atom. The lowest BCUT2D eigenvalue weighted by Gasteiger charge is -2.11. The van der Waals surface area contributed by atoms with Crippen LogP contribution in [-0.4, -0.2) is 35.5 Å². The summed E-state index contributed by atoms with van der Waals surface area (Å²) in [5.41, 5.74) is 5.51. The molecule has 4 rings (SSSR count). The summed E-state index contributed by atoms with van der Waals surface area (Å²) in [6.45, 7) is 7.82. The van der Waals surface area contributed by atoms with Gasteiger partial charge in [0, 0.05) is 39.8 Å². The summed E-state index contributed by atoms with van der Waals surface area (Å²) < 4.78 is 1.70. The van der Waals surface area contributed by atoms with Gasteiger partial charge in [0.2, 0.25) is 5.91 Å². The summed E-state index contributed by atoms with van der Waals surface area (Å²) in [5.74, 6) is 0.530. The molecule has 0 aliphatic rings. The van der Waals surface area contributed by atoms with Gasteiger partial charge >= 0.3 is 0 Å². The second-order valence-electron chi connectivity index (χ2n) is 7.34. The summed E-state index contributed by atoms with van der Waals surface area (Å²) in [6, 6.07) is 9.65. The smallest absolute Gasteiger partial charge is 0.252 e. The minimum Gasteiger partial charge on any atom is -0.326 e. The lowest BCUT2D eigenvalue weighted by atomic mass is 10.1. The fraction of sp³-hybridized carbons (Fsp3) is 0.273. The molecule has 3 aromatic heterocycles. The molecule has 0 spiro atoms. The van der Waals surface area contributed by atoms with Crippen LogP contribution in [0, 0.1) is 27.7 Å². The van der Waals surface area contributed by atoms with Crippen LogP contribution < -0.4 is 5.32 Å². The Bertz CT molecular complexity index is 1230. The molecule has 31 heavy (non-hydrogen) atoms. The monoisotopic (exact) mass is 433 g/mol. The second kappa shape index (κ2) is 8.81. The molecule has 0 saturated heterocycles. The van der Waals surface area contributed by atoms with E-state index in [2.05, 4.69) is 30.4 Å². The normalized spacial score (nSPS) is 11.1. The van der Waals surface area contributed by atoms with Crippen molar-refractivity contribution in [3.8, 4) is 0 Å². The first-order valence-electron chi connectivity index (χ1n) is 9.95. The van der Waals surface area contributed by atoms with Crippen molar-refractivity contribution in [3.05, 3.63) is 65.0 Å². The molecule has 158 valence electrons. The first-order chi connectivity index (χ1) is 14.9. The van der Waals surface area contributed by atoms with Crippen molar-refractivity contribution >= 4 is 29.1 Å². The molecule has 8 nitrogen and oxygen atoms in total. The molecule has 0 radical (unpaired) electrons. The third-order valence-corrected chi connectivity index (χ3v) is 5.77. The van der Waals surface area contributed by atoms with Gasteiger partial charge in [-0.05, 0) is 81.8 Å². The van der Waals surface area contributed by atoms with Crippen molar-refractivity contribution in [2.24, 2.45) is 0 Å². The molecule has 1 N–H and O–H groups in total. The number of hydrogen-bond donors (Lipinski definition) is 1. The number of fused-ring (bicyclic) bond motifs is 1. The van der Waals surface area contributed by atoms with Gasteiger partial charge in [0.25, 0.3) is 5.78 Å². The Kier molecular flexibility index (Phi) is 5.94. The van der Waals surface area contributed by atoms with E-state index in [-0.39, 0.29) is 5.91 Å². The maximum Gasteiger partial charge on any atom is 0.252 e. The fourth-order valence-electron chi connectivity index (χ4n) is 3.43. The van der Waals surface area contributed by atoms with E-state index in [9.17, 15) is 4.79 Å². The molecule has 0 aliphatic heterocycles. The van der Waals surface area contributed by atoms with Crippen LogP contribution in [0.15, 0.2) is 46.7 Å². The first-order valence-corrected chi connectivity index (χ1v) is 10.8. The van der Waals surface area contributed by atoms with Crippen molar-refractivity contribution in [2.75, 3.05) is 5.32 Å². The maximum atomic E-state index is 12.5. The third-order valence-electron chi connectivity index (χ3n) is 4.90. The molecule has 1 aromatic carbocycles. The summed E-state index contributed by atoms with van der Waals surface area (Å²) in [6.07, 6.45) is 2.43. The van der Waals surface area contributed by atoms with Gasteiger partial charge in [0.15, 0.2) is 5.16 Å². The average molecular weight is 434 g/mol. The number of nitrogens with one attached hydrogen (secondary N) is 1. The Morgan fingerprint density at radius 3 is 2.45 bits per heavy atom. The minimum atomic E-state index is -0.0458. The van der Waals surface area contributed by atoms with Crippen LogP contribution in [0.5, 0.6) is 0 Å². The molecule has 1 amide bonds. The fourth-order valence-corrected chi connectivity index (χ4v) is 4.29. The number of aromatic nitrogens is 6. The summed E-state index contributed by atoms with van der Waals surface area (Å²) in [5, 5.41) is 7.87. The van der Waals surface area contributed by atoms with Crippen molar-refractivity contribution < 1.29 is 4.79 Å². The number of anilines is 1. The molecule has 0 atom stereocenters. The molecule has 3 heterocycles. The quantitative estimate of drug-likeness (QED) is 0.461. The predicted molar refractivity (Wildman–Crippen MR) is 119 cm³/mol. The highest BCUT2D eigenvalue weighted by atomic mass is 32.2. The zero-order valence-corrected chi connectivity index (χ0v) is 18.7. The number of carbonyl (C=O) groups is 1. The topological polar surface area (TPSA) is 98.0 Å². The van der Waals surface area contributed by atoms with Gasteiger partial charge in [-0.1, -0.05) is 0 Å². The average Bonchev–Trinajstić information content (AvgIpc) is 3.17. The van der Waals surface area contributed by atoms with Crippen molar-refractivity contribution in [1.82, 2.24) is 29.5 Å². The number of carbonyl (C=O) groups excluding carboxylic acids is 1. The van der Waals surface area contributed by atoms with E-state index in [4.69, 9.17) is 0 Å². The number of aryl methyl sites for hydroxylation is 4. The number of benzene rings is 1. The number of rotatable bonds is 6. The lowest BCUT2D eigenvalue weighted by molar-refractivity contribution is -0.116. The molecule has 0 bridgehead atoms. The molecule has 0 fully saturated rings. The molecule has 0 saturated carbocycles. The van der Waals surface area contributed by atoms with Crippen LogP contribution in [0.3, 0.4) is 0 Å². The maximum absolute atomic E-state index is 12.5. The van der Waals surface area contributed by atoms with Crippen LogP contribution in [0.25, 0.3) is 5.78 Å². The Morgan fingerprint density at radius 2 is 1.74 bits per heavy atom. The van der Waals surface area contributed by atoms with Crippen LogP contribution in [0.1, 0.15) is 34.8 Å². The van der Waals surface area contributed by atoms with E-state index < -0.39 is 0 Å². The minimum absolute atomic E-state index is 0.0458. The molecular weight excluding hydrogens is 410 g/mol. The largest absolute Gasteiger partial charge is 0.326 e. The molecule has 0 unspecified atom stereocenters. The highest BCUT2D eigenvalue weighted by Gasteiger charge is 2.13. The molecule has 9 heteroatoms. The van der Waals surface area contributed by atoms with Gasteiger partial charge in [0.1, 0.15) is 6.33 Å².